The maximum Gasteiger partial charge on any atom is 0.171 e. The highest BCUT2D eigenvalue weighted by Crippen LogP contribution is 2.30. The van der Waals surface area contributed by atoms with Gasteiger partial charge in [0.15, 0.2) is 7.28 Å². The van der Waals surface area contributed by atoms with Gasteiger partial charge >= 0.3 is 0 Å². The number of imidazole rings is 1. The number of aryl methyl sites for hydroxylation is 1. The van der Waals surface area contributed by atoms with E-state index in [-0.39, 0.29) is 0 Å². The van der Waals surface area contributed by atoms with Crippen LogP contribution in [-0.4, -0.2) is 17.2 Å². The van der Waals surface area contributed by atoms with Gasteiger partial charge in [0.1, 0.15) is 0 Å². The number of aromatic nitrogens is 2. The molecule has 4 rings (SSSR count). The molecule has 1 saturated carbocycles. The number of thiophene rings is 1. The van der Waals surface area contributed by atoms with Gasteiger partial charge in [0, 0.05) is 17.8 Å². The Balaban J connectivity index is 0.000000176. The SMILES string of the molecule is CC(C)c1csc(BCCc2ccccc2)c1.c1ncc(C2CCCCC2)[nH]1. The van der Waals surface area contributed by atoms with Crippen molar-refractivity contribution in [2.45, 2.75) is 70.5 Å². The fourth-order valence-electron chi connectivity index (χ4n) is 3.85. The van der Waals surface area contributed by atoms with E-state index in [9.17, 15) is 0 Å². The Morgan fingerprint density at radius 1 is 1.14 bits per heavy atom. The first-order valence-corrected chi connectivity index (χ1v) is 11.7. The summed E-state index contributed by atoms with van der Waals surface area (Å²) in [5, 5.41) is 2.31. The fourth-order valence-corrected chi connectivity index (χ4v) is 4.94. The third-order valence-electron chi connectivity index (χ3n) is 5.64. The first kappa shape index (κ1) is 20.9. The molecule has 0 bridgehead atoms. The molecule has 0 amide bonds. The van der Waals surface area contributed by atoms with Crippen molar-refractivity contribution < 1.29 is 0 Å². The Hall–Kier alpha value is -1.81. The van der Waals surface area contributed by atoms with Gasteiger partial charge in [-0.1, -0.05) is 75.8 Å². The molecule has 1 aliphatic carbocycles. The average Bonchev–Trinajstić information content (AvgIpc) is 3.43. The van der Waals surface area contributed by atoms with Crippen molar-refractivity contribution in [3.05, 3.63) is 71.1 Å². The van der Waals surface area contributed by atoms with Crippen molar-refractivity contribution >= 4 is 23.4 Å². The Bertz CT molecular complexity index is 774. The van der Waals surface area contributed by atoms with Gasteiger partial charge in [0.05, 0.1) is 6.33 Å². The van der Waals surface area contributed by atoms with Gasteiger partial charge in [0.2, 0.25) is 0 Å². The normalized spacial score (nSPS) is 14.5. The molecule has 0 spiro atoms. The molecular weight excluding hydrogens is 359 g/mol. The molecule has 2 nitrogen and oxygen atoms in total. The van der Waals surface area contributed by atoms with E-state index in [1.165, 1.54) is 73.7 Å². The lowest BCUT2D eigenvalue weighted by Gasteiger charge is -2.19. The van der Waals surface area contributed by atoms with Crippen LogP contribution in [0.2, 0.25) is 6.32 Å². The lowest BCUT2D eigenvalue weighted by Crippen LogP contribution is -2.09. The van der Waals surface area contributed by atoms with Crippen LogP contribution in [0.4, 0.5) is 0 Å². The maximum absolute atomic E-state index is 4.04. The summed E-state index contributed by atoms with van der Waals surface area (Å²) in [4.78, 5) is 7.24. The number of H-pyrrole nitrogens is 1. The molecule has 2 heterocycles. The zero-order valence-corrected chi connectivity index (χ0v) is 18.2. The summed E-state index contributed by atoms with van der Waals surface area (Å²) >= 11 is 1.91. The summed E-state index contributed by atoms with van der Waals surface area (Å²) in [7, 11) is 1.21. The summed E-state index contributed by atoms with van der Waals surface area (Å²) in [6, 6.07) is 13.1. The molecular formula is C24H33BN2S. The van der Waals surface area contributed by atoms with Gasteiger partial charge in [-0.3, -0.25) is 0 Å². The summed E-state index contributed by atoms with van der Waals surface area (Å²) in [5.41, 5.74) is 4.28. The number of nitrogens with zero attached hydrogens (tertiary/aromatic N) is 1. The van der Waals surface area contributed by atoms with Gasteiger partial charge in [-0.05, 0) is 46.5 Å². The number of nitrogens with one attached hydrogen (secondary N) is 1. The second kappa shape index (κ2) is 11.3. The van der Waals surface area contributed by atoms with Gasteiger partial charge in [-0.2, -0.15) is 11.3 Å². The van der Waals surface area contributed by atoms with Crippen molar-refractivity contribution in [3.8, 4) is 0 Å². The van der Waals surface area contributed by atoms with E-state index in [2.05, 4.69) is 65.6 Å². The van der Waals surface area contributed by atoms with Crippen LogP contribution in [-0.2, 0) is 6.42 Å². The van der Waals surface area contributed by atoms with Crippen molar-refractivity contribution in [1.82, 2.24) is 9.97 Å². The van der Waals surface area contributed by atoms with E-state index in [1.807, 2.05) is 17.5 Å². The van der Waals surface area contributed by atoms with E-state index >= 15 is 0 Å². The van der Waals surface area contributed by atoms with Crippen LogP contribution in [0.15, 0.2) is 54.3 Å². The minimum Gasteiger partial charge on any atom is -0.348 e. The van der Waals surface area contributed by atoms with Gasteiger partial charge in [-0.15, -0.1) is 0 Å². The van der Waals surface area contributed by atoms with Crippen molar-refractivity contribution in [3.63, 3.8) is 0 Å². The molecule has 4 heteroatoms. The Morgan fingerprint density at radius 3 is 2.57 bits per heavy atom. The standard InChI is InChI=1S/C15H19BS.C9H14N2/c1-12(2)14-10-15(17-11-14)16-9-8-13-6-4-3-5-7-13;1-2-4-8(5-3-1)9-6-10-7-11-9/h3-7,10-12,16H,8-9H2,1-2H3;6-8H,1-5H2,(H,10,11). The second-order valence-corrected chi connectivity index (χ2v) is 9.18. The van der Waals surface area contributed by atoms with Gasteiger partial charge in [0.25, 0.3) is 0 Å². The topological polar surface area (TPSA) is 28.7 Å². The van der Waals surface area contributed by atoms with Crippen molar-refractivity contribution in [1.29, 1.82) is 0 Å². The van der Waals surface area contributed by atoms with Crippen LogP contribution in [0.1, 0.15) is 74.6 Å². The first-order valence-electron chi connectivity index (χ1n) is 10.8. The molecule has 2 aromatic heterocycles. The molecule has 1 N–H and O–H groups in total. The number of hydrogen-bond acceptors (Lipinski definition) is 2. The molecule has 1 fully saturated rings. The summed E-state index contributed by atoms with van der Waals surface area (Å²) in [5.74, 6) is 1.43. The molecule has 0 unspecified atom stereocenters. The summed E-state index contributed by atoms with van der Waals surface area (Å²) < 4.78 is 1.53. The third kappa shape index (κ3) is 6.66. The van der Waals surface area contributed by atoms with Crippen molar-refractivity contribution in [2.75, 3.05) is 0 Å². The van der Waals surface area contributed by atoms with Crippen LogP contribution in [0, 0.1) is 0 Å². The van der Waals surface area contributed by atoms with E-state index in [0.717, 1.165) is 5.92 Å². The molecule has 3 aromatic rings. The fraction of sp³-hybridized carbons (Fsp3) is 0.458. The second-order valence-electron chi connectivity index (χ2n) is 8.18. The molecule has 0 radical (unpaired) electrons. The third-order valence-corrected chi connectivity index (χ3v) is 6.65. The van der Waals surface area contributed by atoms with E-state index in [4.69, 9.17) is 0 Å². The van der Waals surface area contributed by atoms with Crippen LogP contribution < -0.4 is 4.78 Å². The molecule has 1 aliphatic rings. The average molecular weight is 392 g/mol. The molecule has 0 aliphatic heterocycles. The predicted molar refractivity (Wildman–Crippen MR) is 125 cm³/mol. The number of rotatable bonds is 6. The maximum atomic E-state index is 4.04. The van der Waals surface area contributed by atoms with E-state index in [1.54, 1.807) is 6.33 Å². The van der Waals surface area contributed by atoms with Gasteiger partial charge < -0.3 is 4.98 Å². The molecule has 148 valence electrons. The number of aromatic amines is 1. The minimum absolute atomic E-state index is 0.661. The van der Waals surface area contributed by atoms with Gasteiger partial charge in [-0.25, -0.2) is 4.98 Å². The Kier molecular flexibility index (Phi) is 8.41. The minimum atomic E-state index is 0.661. The Labute approximate surface area is 175 Å². The molecule has 28 heavy (non-hydrogen) atoms. The molecule has 0 atom stereocenters. The van der Waals surface area contributed by atoms with Crippen LogP contribution >= 0.6 is 11.3 Å². The zero-order valence-electron chi connectivity index (χ0n) is 17.4. The van der Waals surface area contributed by atoms with Crippen LogP contribution in [0.25, 0.3) is 0 Å². The van der Waals surface area contributed by atoms with E-state index < -0.39 is 0 Å². The highest BCUT2D eigenvalue weighted by Gasteiger charge is 2.15. The highest BCUT2D eigenvalue weighted by atomic mass is 32.1. The molecule has 0 saturated heterocycles. The highest BCUT2D eigenvalue weighted by molar-refractivity contribution is 7.19. The zero-order chi connectivity index (χ0) is 19.6. The smallest absolute Gasteiger partial charge is 0.171 e. The molecule has 1 aromatic carbocycles. The van der Waals surface area contributed by atoms with Crippen LogP contribution in [0.5, 0.6) is 0 Å². The largest absolute Gasteiger partial charge is 0.348 e. The lowest BCUT2D eigenvalue weighted by molar-refractivity contribution is 0.437. The quantitative estimate of drug-likeness (QED) is 0.508. The van der Waals surface area contributed by atoms with E-state index in [0.29, 0.717) is 5.92 Å². The first-order chi connectivity index (χ1) is 13.7. The number of benzene rings is 1. The van der Waals surface area contributed by atoms with Crippen molar-refractivity contribution in [2.24, 2.45) is 0 Å². The predicted octanol–water partition coefficient (Wildman–Crippen LogP) is 6.05. The summed E-state index contributed by atoms with van der Waals surface area (Å²) in [6.07, 6.45) is 13.1. The lowest BCUT2D eigenvalue weighted by atomic mass is 9.71. The van der Waals surface area contributed by atoms with Crippen LogP contribution in [0.3, 0.4) is 0 Å². The Morgan fingerprint density at radius 2 is 1.93 bits per heavy atom. The summed E-state index contributed by atoms with van der Waals surface area (Å²) in [6.45, 7) is 4.52. The monoisotopic (exact) mass is 392 g/mol. The number of hydrogen-bond donors (Lipinski definition) is 1.